The van der Waals surface area contributed by atoms with Crippen LogP contribution in [-0.2, 0) is 11.3 Å². The molecule has 1 aromatic carbocycles. The minimum atomic E-state index is -0.844. The predicted molar refractivity (Wildman–Crippen MR) is 90.6 cm³/mol. The molecule has 1 N–H and O–H groups in total. The maximum atomic E-state index is 13.9. The molecule has 2 aromatic heterocycles. The Morgan fingerprint density at radius 3 is 2.80 bits per heavy atom. The normalized spacial score (nSPS) is 18.2. The molecular weight excluding hydrogens is 323 g/mol. The Kier molecular flexibility index (Phi) is 3.89. The molecule has 8 heteroatoms. The molecule has 128 valence electrons. The van der Waals surface area contributed by atoms with Gasteiger partial charge in [-0.15, -0.1) is 0 Å². The lowest BCUT2D eigenvalue weighted by atomic mass is 10.2. The molecule has 0 amide bonds. The summed E-state index contributed by atoms with van der Waals surface area (Å²) in [6.45, 7) is 1.42. The van der Waals surface area contributed by atoms with Crippen LogP contribution in [0.5, 0.6) is 0 Å². The number of halogens is 1. The highest BCUT2D eigenvalue weighted by atomic mass is 19.1. The van der Waals surface area contributed by atoms with Gasteiger partial charge < -0.3 is 9.88 Å². The zero-order valence-electron chi connectivity index (χ0n) is 13.7. The molecule has 0 aliphatic carbocycles. The first-order valence-electron chi connectivity index (χ1n) is 8.01. The highest BCUT2D eigenvalue weighted by Gasteiger charge is 2.31. The van der Waals surface area contributed by atoms with Crippen LogP contribution < -0.4 is 5.32 Å². The van der Waals surface area contributed by atoms with Crippen molar-refractivity contribution in [2.75, 3.05) is 25.5 Å². The van der Waals surface area contributed by atoms with E-state index < -0.39 is 12.1 Å². The van der Waals surface area contributed by atoms with E-state index in [2.05, 4.69) is 20.3 Å². The van der Waals surface area contributed by atoms with Crippen LogP contribution >= 0.6 is 0 Å². The van der Waals surface area contributed by atoms with Crippen LogP contribution in [0, 0.1) is 6.08 Å². The van der Waals surface area contributed by atoms with Gasteiger partial charge >= 0.3 is 6.08 Å². The number of nitrogens with one attached hydrogen (secondary N) is 1. The number of ketones is 1. The van der Waals surface area contributed by atoms with Crippen LogP contribution in [0.15, 0.2) is 36.7 Å². The topological polar surface area (TPSA) is 75.9 Å². The third-order valence-corrected chi connectivity index (χ3v) is 4.31. The first kappa shape index (κ1) is 15.6. The Bertz CT molecular complexity index is 926. The van der Waals surface area contributed by atoms with E-state index in [-0.39, 0.29) is 5.78 Å². The van der Waals surface area contributed by atoms with Crippen LogP contribution in [0.25, 0.3) is 11.2 Å². The second kappa shape index (κ2) is 6.21. The average Bonchev–Trinajstić information content (AvgIpc) is 3.16. The standard InChI is InChI=1S/C17H17FN6O/c1-23-8-12(13(25)9-23)24-10-20-14-15(21-17(18)22-16(14)24)19-7-11-5-3-2-4-6-11/h2-6,10,12H,7-9H2,1H3,(H,19,21,22). The maximum absolute atomic E-state index is 13.9. The molecule has 1 atom stereocenters. The molecule has 3 aromatic rings. The van der Waals surface area contributed by atoms with Gasteiger partial charge in [0.05, 0.1) is 12.9 Å². The lowest BCUT2D eigenvalue weighted by Crippen LogP contribution is -2.18. The maximum Gasteiger partial charge on any atom is 0.312 e. The summed E-state index contributed by atoms with van der Waals surface area (Å²) in [4.78, 5) is 26.1. The number of likely N-dealkylation sites (tertiary alicyclic amines) is 1. The first-order valence-corrected chi connectivity index (χ1v) is 8.01. The van der Waals surface area contributed by atoms with Gasteiger partial charge in [0.2, 0.25) is 0 Å². The Hall–Kier alpha value is -2.87. The van der Waals surface area contributed by atoms with Gasteiger partial charge in [0.15, 0.2) is 22.8 Å². The van der Waals surface area contributed by atoms with E-state index in [4.69, 9.17) is 0 Å². The van der Waals surface area contributed by atoms with Crippen molar-refractivity contribution in [2.24, 2.45) is 0 Å². The fraction of sp³-hybridized carbons (Fsp3) is 0.294. The van der Waals surface area contributed by atoms with E-state index >= 15 is 0 Å². The van der Waals surface area contributed by atoms with Crippen molar-refractivity contribution in [2.45, 2.75) is 12.6 Å². The Morgan fingerprint density at radius 1 is 1.28 bits per heavy atom. The zero-order chi connectivity index (χ0) is 17.4. The number of anilines is 1. The SMILES string of the molecule is CN1CC(=O)C(n2cnc3c(NCc4ccccc4)nc(F)nc32)C1. The molecule has 0 saturated carbocycles. The van der Waals surface area contributed by atoms with Gasteiger partial charge in [-0.1, -0.05) is 30.3 Å². The molecule has 3 heterocycles. The number of hydrogen-bond donors (Lipinski definition) is 1. The van der Waals surface area contributed by atoms with E-state index in [1.54, 1.807) is 4.57 Å². The number of carbonyl (C=O) groups is 1. The van der Waals surface area contributed by atoms with Crippen molar-refractivity contribution in [1.29, 1.82) is 0 Å². The van der Waals surface area contributed by atoms with Gasteiger partial charge in [-0.25, -0.2) is 4.98 Å². The molecule has 4 rings (SSSR count). The largest absolute Gasteiger partial charge is 0.364 e. The fourth-order valence-corrected chi connectivity index (χ4v) is 3.10. The quantitative estimate of drug-likeness (QED) is 0.728. The van der Waals surface area contributed by atoms with Gasteiger partial charge in [-0.2, -0.15) is 14.4 Å². The summed E-state index contributed by atoms with van der Waals surface area (Å²) in [6, 6.07) is 9.34. The summed E-state index contributed by atoms with van der Waals surface area (Å²) >= 11 is 0. The van der Waals surface area contributed by atoms with Crippen LogP contribution in [0.1, 0.15) is 11.6 Å². The number of nitrogens with zero attached hydrogens (tertiary/aromatic N) is 5. The average molecular weight is 340 g/mol. The van der Waals surface area contributed by atoms with Crippen molar-refractivity contribution in [3.8, 4) is 0 Å². The molecule has 0 radical (unpaired) electrons. The molecule has 0 spiro atoms. The predicted octanol–water partition coefficient (Wildman–Crippen LogP) is 1.63. The second-order valence-corrected chi connectivity index (χ2v) is 6.18. The number of carbonyl (C=O) groups excluding carboxylic acids is 1. The molecule has 1 aliphatic rings. The highest BCUT2D eigenvalue weighted by molar-refractivity contribution is 5.89. The molecular formula is C17H17FN6O. The van der Waals surface area contributed by atoms with Crippen molar-refractivity contribution in [3.63, 3.8) is 0 Å². The molecule has 1 aliphatic heterocycles. The zero-order valence-corrected chi connectivity index (χ0v) is 13.7. The van der Waals surface area contributed by atoms with E-state index in [9.17, 15) is 9.18 Å². The van der Waals surface area contributed by atoms with Gasteiger partial charge in [0, 0.05) is 13.1 Å². The molecule has 25 heavy (non-hydrogen) atoms. The van der Waals surface area contributed by atoms with Crippen molar-refractivity contribution >= 4 is 22.8 Å². The smallest absolute Gasteiger partial charge is 0.312 e. The third-order valence-electron chi connectivity index (χ3n) is 4.31. The van der Waals surface area contributed by atoms with Crippen LogP contribution in [0.4, 0.5) is 10.2 Å². The summed E-state index contributed by atoms with van der Waals surface area (Å²) in [5.41, 5.74) is 1.83. The minimum absolute atomic E-state index is 0.0691. The molecule has 1 saturated heterocycles. The number of Topliss-reactive ketones (excluding diaryl/α,β-unsaturated/α-hetero) is 1. The monoisotopic (exact) mass is 340 g/mol. The Labute approximate surface area is 143 Å². The number of hydrogen-bond acceptors (Lipinski definition) is 6. The Balaban J connectivity index is 1.68. The minimum Gasteiger partial charge on any atom is -0.364 e. The number of aromatic nitrogens is 4. The summed E-state index contributed by atoms with van der Waals surface area (Å²) in [6.07, 6.45) is 0.692. The van der Waals surface area contributed by atoms with Crippen molar-refractivity contribution in [1.82, 2.24) is 24.4 Å². The van der Waals surface area contributed by atoms with Crippen molar-refractivity contribution in [3.05, 3.63) is 48.3 Å². The highest BCUT2D eigenvalue weighted by Crippen LogP contribution is 2.25. The molecule has 1 fully saturated rings. The molecule has 1 unspecified atom stereocenters. The molecule has 0 bridgehead atoms. The molecule has 7 nitrogen and oxygen atoms in total. The van der Waals surface area contributed by atoms with E-state index in [1.807, 2.05) is 42.3 Å². The summed E-state index contributed by atoms with van der Waals surface area (Å²) in [5.74, 6) is 0.392. The number of rotatable bonds is 4. The van der Waals surface area contributed by atoms with Gasteiger partial charge in [0.1, 0.15) is 6.04 Å². The summed E-state index contributed by atoms with van der Waals surface area (Å²) in [7, 11) is 1.87. The number of imidazole rings is 1. The number of likely N-dealkylation sites (N-methyl/N-ethyl adjacent to an activating group) is 1. The second-order valence-electron chi connectivity index (χ2n) is 6.18. The van der Waals surface area contributed by atoms with Crippen LogP contribution in [-0.4, -0.2) is 50.3 Å². The number of benzene rings is 1. The van der Waals surface area contributed by atoms with E-state index in [0.717, 1.165) is 5.56 Å². The summed E-state index contributed by atoms with van der Waals surface area (Å²) in [5, 5.41) is 3.11. The van der Waals surface area contributed by atoms with E-state index in [1.165, 1.54) is 6.33 Å². The van der Waals surface area contributed by atoms with Gasteiger partial charge in [-0.05, 0) is 12.6 Å². The van der Waals surface area contributed by atoms with Crippen LogP contribution in [0.2, 0.25) is 0 Å². The fourth-order valence-electron chi connectivity index (χ4n) is 3.10. The number of fused-ring (bicyclic) bond motifs is 1. The Morgan fingerprint density at radius 2 is 2.08 bits per heavy atom. The van der Waals surface area contributed by atoms with Gasteiger partial charge in [0.25, 0.3) is 0 Å². The lowest BCUT2D eigenvalue weighted by Gasteiger charge is -2.12. The van der Waals surface area contributed by atoms with Gasteiger partial charge in [-0.3, -0.25) is 9.69 Å². The van der Waals surface area contributed by atoms with E-state index in [0.29, 0.717) is 36.6 Å². The van der Waals surface area contributed by atoms with Crippen LogP contribution in [0.3, 0.4) is 0 Å². The lowest BCUT2D eigenvalue weighted by molar-refractivity contribution is -0.119. The third kappa shape index (κ3) is 2.96. The summed E-state index contributed by atoms with van der Waals surface area (Å²) < 4.78 is 15.6. The van der Waals surface area contributed by atoms with Crippen molar-refractivity contribution < 1.29 is 9.18 Å². The first-order chi connectivity index (χ1) is 12.1.